The number of nitrogens with two attached hydrogens (primary N) is 2. The highest BCUT2D eigenvalue weighted by Crippen LogP contribution is 2.26. The summed E-state index contributed by atoms with van der Waals surface area (Å²) < 4.78 is 11.6. The van der Waals surface area contributed by atoms with Crippen molar-refractivity contribution in [1.82, 2.24) is 0 Å². The van der Waals surface area contributed by atoms with Gasteiger partial charge in [0.05, 0.1) is 17.9 Å². The Bertz CT molecular complexity index is 1120. The van der Waals surface area contributed by atoms with Gasteiger partial charge in [0.15, 0.2) is 0 Å². The Morgan fingerprint density at radius 1 is 0.703 bits per heavy atom. The maximum Gasteiger partial charge on any atom is 0.257 e. The SMILES string of the molecule is NCCCCCC(=O)Nc1ccc(OCCCCN)cc1C(=O)Nc1ccc(Oc2ccccc2)cc1. The lowest BCUT2D eigenvalue weighted by Gasteiger charge is -2.14. The van der Waals surface area contributed by atoms with Gasteiger partial charge >= 0.3 is 0 Å². The fraction of sp³-hybridized carbons (Fsp3) is 0.310. The van der Waals surface area contributed by atoms with Gasteiger partial charge in [0, 0.05) is 12.1 Å². The predicted molar refractivity (Wildman–Crippen MR) is 147 cm³/mol. The highest BCUT2D eigenvalue weighted by molar-refractivity contribution is 6.10. The van der Waals surface area contributed by atoms with Crippen molar-refractivity contribution in [1.29, 1.82) is 0 Å². The molecular weight excluding hydrogens is 468 g/mol. The molecule has 0 aliphatic carbocycles. The van der Waals surface area contributed by atoms with Crippen LogP contribution in [0.1, 0.15) is 48.9 Å². The zero-order valence-corrected chi connectivity index (χ0v) is 21.1. The molecule has 3 aromatic carbocycles. The topological polar surface area (TPSA) is 129 Å². The first-order valence-corrected chi connectivity index (χ1v) is 12.7. The smallest absolute Gasteiger partial charge is 0.257 e. The number of benzene rings is 3. The molecule has 0 saturated carbocycles. The van der Waals surface area contributed by atoms with Crippen LogP contribution in [-0.2, 0) is 4.79 Å². The number of rotatable bonds is 15. The van der Waals surface area contributed by atoms with Crippen molar-refractivity contribution in [2.75, 3.05) is 30.3 Å². The minimum absolute atomic E-state index is 0.148. The molecule has 196 valence electrons. The molecule has 0 aliphatic heterocycles. The lowest BCUT2D eigenvalue weighted by atomic mass is 10.1. The molecule has 3 rings (SSSR count). The lowest BCUT2D eigenvalue weighted by molar-refractivity contribution is -0.116. The zero-order valence-electron chi connectivity index (χ0n) is 21.1. The summed E-state index contributed by atoms with van der Waals surface area (Å²) in [4.78, 5) is 25.7. The molecule has 0 spiro atoms. The van der Waals surface area contributed by atoms with E-state index in [9.17, 15) is 9.59 Å². The maximum atomic E-state index is 13.2. The first kappa shape index (κ1) is 27.7. The Balaban J connectivity index is 1.69. The van der Waals surface area contributed by atoms with Crippen LogP contribution < -0.4 is 31.6 Å². The molecule has 8 nitrogen and oxygen atoms in total. The van der Waals surface area contributed by atoms with Gasteiger partial charge in [-0.1, -0.05) is 24.6 Å². The van der Waals surface area contributed by atoms with Crippen LogP contribution in [0.15, 0.2) is 72.8 Å². The van der Waals surface area contributed by atoms with E-state index in [1.807, 2.05) is 30.3 Å². The van der Waals surface area contributed by atoms with Gasteiger partial charge in [-0.3, -0.25) is 9.59 Å². The Labute approximate surface area is 218 Å². The van der Waals surface area contributed by atoms with Crippen LogP contribution in [0.5, 0.6) is 17.2 Å². The van der Waals surface area contributed by atoms with E-state index in [1.54, 1.807) is 42.5 Å². The zero-order chi connectivity index (χ0) is 26.3. The summed E-state index contributed by atoms with van der Waals surface area (Å²) in [7, 11) is 0. The number of carbonyl (C=O) groups excluding carboxylic acids is 2. The van der Waals surface area contributed by atoms with E-state index in [2.05, 4.69) is 10.6 Å². The van der Waals surface area contributed by atoms with Crippen LogP contribution in [0.2, 0.25) is 0 Å². The number of hydrogen-bond donors (Lipinski definition) is 4. The molecule has 0 heterocycles. The maximum absolute atomic E-state index is 13.2. The summed E-state index contributed by atoms with van der Waals surface area (Å²) in [5.74, 6) is 1.42. The van der Waals surface area contributed by atoms with Crippen molar-refractivity contribution in [2.45, 2.75) is 38.5 Å². The first-order valence-electron chi connectivity index (χ1n) is 12.7. The summed E-state index contributed by atoms with van der Waals surface area (Å²) in [6.45, 7) is 1.70. The van der Waals surface area contributed by atoms with Crippen molar-refractivity contribution < 1.29 is 19.1 Å². The Morgan fingerprint density at radius 3 is 2.11 bits per heavy atom. The van der Waals surface area contributed by atoms with E-state index in [0.717, 1.165) is 37.9 Å². The molecule has 2 amide bonds. The van der Waals surface area contributed by atoms with Crippen molar-refractivity contribution in [3.63, 3.8) is 0 Å². The average molecular weight is 505 g/mol. The molecule has 0 saturated heterocycles. The van der Waals surface area contributed by atoms with Crippen LogP contribution in [-0.4, -0.2) is 31.5 Å². The number of ether oxygens (including phenoxy) is 2. The Kier molecular flexibility index (Phi) is 11.4. The van der Waals surface area contributed by atoms with Crippen LogP contribution in [0.4, 0.5) is 11.4 Å². The van der Waals surface area contributed by atoms with E-state index >= 15 is 0 Å². The highest BCUT2D eigenvalue weighted by Gasteiger charge is 2.16. The van der Waals surface area contributed by atoms with Gasteiger partial charge in [-0.2, -0.15) is 0 Å². The van der Waals surface area contributed by atoms with Crippen molar-refractivity contribution >= 4 is 23.2 Å². The molecule has 0 bridgehead atoms. The number of anilines is 2. The second-order valence-electron chi connectivity index (χ2n) is 8.59. The van der Waals surface area contributed by atoms with Gasteiger partial charge in [0.1, 0.15) is 17.2 Å². The number of nitrogens with one attached hydrogen (secondary N) is 2. The van der Waals surface area contributed by atoms with E-state index in [-0.39, 0.29) is 11.8 Å². The standard InChI is InChI=1S/C29H36N4O4/c30-18-6-2-5-11-28(34)33-27-17-16-25(36-20-8-7-19-31)21-26(27)29(35)32-22-12-14-24(15-13-22)37-23-9-3-1-4-10-23/h1,3-4,9-10,12-17,21H,2,5-8,11,18-20,30-31H2,(H,32,35)(H,33,34). The Morgan fingerprint density at radius 2 is 1.38 bits per heavy atom. The van der Waals surface area contributed by atoms with Crippen molar-refractivity contribution in [3.8, 4) is 17.2 Å². The molecular formula is C29H36N4O4. The minimum atomic E-state index is -0.359. The molecule has 0 aliphatic rings. The number of hydrogen-bond acceptors (Lipinski definition) is 6. The number of carbonyl (C=O) groups is 2. The largest absolute Gasteiger partial charge is 0.494 e. The number of para-hydroxylation sites is 1. The minimum Gasteiger partial charge on any atom is -0.494 e. The predicted octanol–water partition coefficient (Wildman–Crippen LogP) is 5.31. The fourth-order valence-electron chi connectivity index (χ4n) is 3.60. The third kappa shape index (κ3) is 9.59. The number of unbranched alkanes of at least 4 members (excludes halogenated alkanes) is 3. The average Bonchev–Trinajstić information content (AvgIpc) is 2.91. The van der Waals surface area contributed by atoms with E-state index < -0.39 is 0 Å². The van der Waals surface area contributed by atoms with E-state index in [1.165, 1.54) is 0 Å². The summed E-state index contributed by atoms with van der Waals surface area (Å²) in [5.41, 5.74) is 12.4. The third-order valence-electron chi connectivity index (χ3n) is 5.58. The molecule has 3 aromatic rings. The van der Waals surface area contributed by atoms with Gasteiger partial charge in [0.25, 0.3) is 5.91 Å². The van der Waals surface area contributed by atoms with Crippen LogP contribution in [0.3, 0.4) is 0 Å². The van der Waals surface area contributed by atoms with Crippen LogP contribution in [0.25, 0.3) is 0 Å². The molecule has 37 heavy (non-hydrogen) atoms. The molecule has 0 fully saturated rings. The first-order chi connectivity index (χ1) is 18.1. The van der Waals surface area contributed by atoms with E-state index in [0.29, 0.717) is 54.6 Å². The second-order valence-corrected chi connectivity index (χ2v) is 8.59. The third-order valence-corrected chi connectivity index (χ3v) is 5.58. The molecule has 0 aromatic heterocycles. The Hall–Kier alpha value is -3.88. The monoisotopic (exact) mass is 504 g/mol. The summed E-state index contributed by atoms with van der Waals surface area (Å²) in [6, 6.07) is 21.6. The second kappa shape index (κ2) is 15.3. The molecule has 0 atom stereocenters. The molecule has 8 heteroatoms. The van der Waals surface area contributed by atoms with Gasteiger partial charge in [0.2, 0.25) is 5.91 Å². The quantitative estimate of drug-likeness (QED) is 0.208. The molecule has 6 N–H and O–H groups in total. The lowest BCUT2D eigenvalue weighted by Crippen LogP contribution is -2.18. The highest BCUT2D eigenvalue weighted by atomic mass is 16.5. The molecule has 0 unspecified atom stereocenters. The van der Waals surface area contributed by atoms with Gasteiger partial charge in [-0.15, -0.1) is 0 Å². The normalized spacial score (nSPS) is 10.5. The summed E-state index contributed by atoms with van der Waals surface area (Å²) in [6.07, 6.45) is 4.54. The number of amides is 2. The van der Waals surface area contributed by atoms with Gasteiger partial charge in [-0.05, 0) is 93.4 Å². The van der Waals surface area contributed by atoms with Gasteiger partial charge < -0.3 is 31.6 Å². The summed E-state index contributed by atoms with van der Waals surface area (Å²) in [5, 5.41) is 5.77. The van der Waals surface area contributed by atoms with E-state index in [4.69, 9.17) is 20.9 Å². The molecule has 0 radical (unpaired) electrons. The van der Waals surface area contributed by atoms with Crippen molar-refractivity contribution in [3.05, 3.63) is 78.4 Å². The van der Waals surface area contributed by atoms with Crippen LogP contribution in [0, 0.1) is 0 Å². The van der Waals surface area contributed by atoms with Crippen molar-refractivity contribution in [2.24, 2.45) is 11.5 Å². The van der Waals surface area contributed by atoms with Crippen LogP contribution >= 0.6 is 0 Å². The van der Waals surface area contributed by atoms with Gasteiger partial charge in [-0.25, -0.2) is 0 Å². The fourth-order valence-corrected chi connectivity index (χ4v) is 3.60. The summed E-state index contributed by atoms with van der Waals surface area (Å²) >= 11 is 0.